The van der Waals surface area contributed by atoms with E-state index < -0.39 is 0 Å². The van der Waals surface area contributed by atoms with Crippen LogP contribution in [0.15, 0.2) is 48.9 Å². The Morgan fingerprint density at radius 2 is 2.14 bits per heavy atom. The highest BCUT2D eigenvalue weighted by atomic mass is 35.5. The Bertz CT molecular complexity index is 773. The molecule has 0 atom stereocenters. The van der Waals surface area contributed by atoms with Gasteiger partial charge in [-0.2, -0.15) is 5.10 Å². The molecule has 3 aromatic rings. The van der Waals surface area contributed by atoms with E-state index in [1.54, 1.807) is 12.3 Å². The summed E-state index contributed by atoms with van der Waals surface area (Å²) in [5, 5.41) is 9.70. The van der Waals surface area contributed by atoms with E-state index in [1.807, 2.05) is 24.3 Å². The molecule has 21 heavy (non-hydrogen) atoms. The smallest absolute Gasteiger partial charge is 0.275 e. The molecular formula is C14H10ClN5O. The number of aromatic nitrogens is 4. The highest BCUT2D eigenvalue weighted by Gasteiger charge is 2.09. The molecule has 2 N–H and O–H groups in total. The molecule has 2 aromatic heterocycles. The fourth-order valence-electron chi connectivity index (χ4n) is 1.83. The summed E-state index contributed by atoms with van der Waals surface area (Å²) in [6.45, 7) is 0. The maximum atomic E-state index is 12.1. The monoisotopic (exact) mass is 299 g/mol. The predicted molar refractivity (Wildman–Crippen MR) is 79.0 cm³/mol. The molecule has 6 nitrogen and oxygen atoms in total. The van der Waals surface area contributed by atoms with E-state index in [1.165, 1.54) is 12.4 Å². The number of aromatic amines is 1. The number of amides is 1. The van der Waals surface area contributed by atoms with Crippen LogP contribution in [0.25, 0.3) is 11.3 Å². The van der Waals surface area contributed by atoms with E-state index in [2.05, 4.69) is 25.5 Å². The molecule has 0 radical (unpaired) electrons. The number of carbonyl (C=O) groups is 1. The van der Waals surface area contributed by atoms with Crippen molar-refractivity contribution in [3.05, 3.63) is 59.8 Å². The van der Waals surface area contributed by atoms with Gasteiger partial charge in [-0.15, -0.1) is 0 Å². The van der Waals surface area contributed by atoms with Crippen LogP contribution in [0.3, 0.4) is 0 Å². The predicted octanol–water partition coefficient (Wildman–Crippen LogP) is 2.77. The highest BCUT2D eigenvalue weighted by molar-refractivity contribution is 6.29. The second-order valence-electron chi connectivity index (χ2n) is 4.23. The minimum Gasteiger partial charge on any atom is -0.321 e. The van der Waals surface area contributed by atoms with E-state index in [4.69, 9.17) is 11.6 Å². The van der Waals surface area contributed by atoms with Gasteiger partial charge in [-0.25, -0.2) is 4.98 Å². The molecule has 0 saturated heterocycles. The number of H-pyrrole nitrogens is 1. The number of rotatable bonds is 3. The molecule has 1 aromatic carbocycles. The molecule has 0 saturated carbocycles. The molecule has 0 aliphatic rings. The van der Waals surface area contributed by atoms with Gasteiger partial charge in [-0.3, -0.25) is 14.9 Å². The van der Waals surface area contributed by atoms with Gasteiger partial charge in [0.05, 0.1) is 18.1 Å². The first kappa shape index (κ1) is 13.3. The quantitative estimate of drug-likeness (QED) is 0.779. The first-order valence-corrected chi connectivity index (χ1v) is 6.49. The Morgan fingerprint density at radius 3 is 2.90 bits per heavy atom. The summed E-state index contributed by atoms with van der Waals surface area (Å²) in [6, 6.07) is 9.24. The number of benzene rings is 1. The summed E-state index contributed by atoms with van der Waals surface area (Å²) in [7, 11) is 0. The van der Waals surface area contributed by atoms with E-state index in [-0.39, 0.29) is 16.8 Å². The van der Waals surface area contributed by atoms with Gasteiger partial charge in [0.15, 0.2) is 0 Å². The molecule has 3 rings (SSSR count). The first-order valence-electron chi connectivity index (χ1n) is 6.11. The molecule has 1 amide bonds. The van der Waals surface area contributed by atoms with Crippen molar-refractivity contribution in [2.45, 2.75) is 0 Å². The molecule has 0 bridgehead atoms. The summed E-state index contributed by atoms with van der Waals surface area (Å²) >= 11 is 5.72. The van der Waals surface area contributed by atoms with E-state index in [9.17, 15) is 4.79 Å². The second-order valence-corrected chi connectivity index (χ2v) is 4.62. The topological polar surface area (TPSA) is 83.6 Å². The third kappa shape index (κ3) is 3.06. The van der Waals surface area contributed by atoms with Crippen molar-refractivity contribution in [2.75, 3.05) is 5.32 Å². The van der Waals surface area contributed by atoms with Crippen molar-refractivity contribution in [1.29, 1.82) is 0 Å². The Morgan fingerprint density at radius 1 is 1.24 bits per heavy atom. The van der Waals surface area contributed by atoms with Gasteiger partial charge < -0.3 is 5.32 Å². The Kier molecular flexibility index (Phi) is 3.61. The summed E-state index contributed by atoms with van der Waals surface area (Å²) < 4.78 is 0. The van der Waals surface area contributed by atoms with Crippen LogP contribution >= 0.6 is 11.6 Å². The normalized spacial score (nSPS) is 10.3. The van der Waals surface area contributed by atoms with Gasteiger partial charge in [-0.05, 0) is 18.2 Å². The van der Waals surface area contributed by atoms with Gasteiger partial charge in [0, 0.05) is 17.4 Å². The summed E-state index contributed by atoms with van der Waals surface area (Å²) in [6.07, 6.45) is 4.40. The van der Waals surface area contributed by atoms with Crippen molar-refractivity contribution in [3.63, 3.8) is 0 Å². The number of nitrogens with one attached hydrogen (secondary N) is 2. The third-order valence-electron chi connectivity index (χ3n) is 2.77. The SMILES string of the molecule is O=C(Nc1cccc(-c2ccn[nH]2)c1)c1cncc(Cl)n1. The van der Waals surface area contributed by atoms with Crippen molar-refractivity contribution in [2.24, 2.45) is 0 Å². The van der Waals surface area contributed by atoms with E-state index in [0.29, 0.717) is 5.69 Å². The maximum absolute atomic E-state index is 12.1. The van der Waals surface area contributed by atoms with Gasteiger partial charge in [0.2, 0.25) is 0 Å². The number of hydrogen-bond acceptors (Lipinski definition) is 4. The maximum Gasteiger partial charge on any atom is 0.275 e. The van der Waals surface area contributed by atoms with Crippen LogP contribution in [0.4, 0.5) is 5.69 Å². The number of nitrogens with zero attached hydrogens (tertiary/aromatic N) is 3. The molecule has 2 heterocycles. The average Bonchev–Trinajstić information content (AvgIpc) is 3.02. The van der Waals surface area contributed by atoms with Crippen molar-refractivity contribution in [1.82, 2.24) is 20.2 Å². The fourth-order valence-corrected chi connectivity index (χ4v) is 1.98. The first-order chi connectivity index (χ1) is 10.2. The lowest BCUT2D eigenvalue weighted by molar-refractivity contribution is 0.102. The lowest BCUT2D eigenvalue weighted by atomic mass is 10.1. The molecule has 0 spiro atoms. The standard InChI is InChI=1S/C14H10ClN5O/c15-13-8-16-7-12(19-13)14(21)18-10-3-1-2-9(6-10)11-4-5-17-20-11/h1-8H,(H,17,20)(H,18,21). The number of hydrogen-bond donors (Lipinski definition) is 2. The minimum absolute atomic E-state index is 0.162. The highest BCUT2D eigenvalue weighted by Crippen LogP contribution is 2.20. The zero-order chi connectivity index (χ0) is 14.7. The Labute approximate surface area is 125 Å². The van der Waals surface area contributed by atoms with Crippen LogP contribution in [0.5, 0.6) is 0 Å². The zero-order valence-electron chi connectivity index (χ0n) is 10.7. The molecule has 0 aliphatic carbocycles. The number of halogens is 1. The van der Waals surface area contributed by atoms with E-state index in [0.717, 1.165) is 11.3 Å². The van der Waals surface area contributed by atoms with Gasteiger partial charge in [-0.1, -0.05) is 23.7 Å². The largest absolute Gasteiger partial charge is 0.321 e. The molecule has 0 aliphatic heterocycles. The molecule has 0 fully saturated rings. The van der Waals surface area contributed by atoms with Crippen LogP contribution in [-0.2, 0) is 0 Å². The van der Waals surface area contributed by atoms with Gasteiger partial charge in [0.25, 0.3) is 5.91 Å². The molecule has 104 valence electrons. The Balaban J connectivity index is 1.82. The van der Waals surface area contributed by atoms with Crippen molar-refractivity contribution < 1.29 is 4.79 Å². The summed E-state index contributed by atoms with van der Waals surface area (Å²) in [5.74, 6) is -0.369. The van der Waals surface area contributed by atoms with Crippen molar-refractivity contribution in [3.8, 4) is 11.3 Å². The average molecular weight is 300 g/mol. The number of anilines is 1. The third-order valence-corrected chi connectivity index (χ3v) is 2.95. The van der Waals surface area contributed by atoms with Crippen LogP contribution in [-0.4, -0.2) is 26.1 Å². The van der Waals surface area contributed by atoms with Crippen LogP contribution in [0.1, 0.15) is 10.5 Å². The number of carbonyl (C=O) groups excluding carboxylic acids is 1. The lowest BCUT2D eigenvalue weighted by Gasteiger charge is -2.06. The van der Waals surface area contributed by atoms with Crippen LogP contribution in [0, 0.1) is 0 Å². The fraction of sp³-hybridized carbons (Fsp3) is 0. The molecule has 0 unspecified atom stereocenters. The summed E-state index contributed by atoms with van der Waals surface area (Å²) in [4.78, 5) is 19.8. The zero-order valence-corrected chi connectivity index (χ0v) is 11.5. The van der Waals surface area contributed by atoms with Crippen molar-refractivity contribution >= 4 is 23.2 Å². The Hall–Kier alpha value is -2.73. The lowest BCUT2D eigenvalue weighted by Crippen LogP contribution is -2.14. The van der Waals surface area contributed by atoms with Gasteiger partial charge >= 0.3 is 0 Å². The molecule has 7 heteroatoms. The molecular weight excluding hydrogens is 290 g/mol. The summed E-state index contributed by atoms with van der Waals surface area (Å²) in [5.41, 5.74) is 2.60. The van der Waals surface area contributed by atoms with Gasteiger partial charge in [0.1, 0.15) is 10.8 Å². The van der Waals surface area contributed by atoms with Crippen LogP contribution in [0.2, 0.25) is 5.15 Å². The van der Waals surface area contributed by atoms with Crippen LogP contribution < -0.4 is 5.32 Å². The van der Waals surface area contributed by atoms with E-state index >= 15 is 0 Å². The minimum atomic E-state index is -0.369. The second kappa shape index (κ2) is 5.72.